The van der Waals surface area contributed by atoms with E-state index in [0.717, 1.165) is 24.2 Å². The van der Waals surface area contributed by atoms with Gasteiger partial charge in [-0.15, -0.1) is 0 Å². The quantitative estimate of drug-likeness (QED) is 0.904. The van der Waals surface area contributed by atoms with E-state index in [2.05, 4.69) is 17.9 Å². The molecule has 0 saturated carbocycles. The molecule has 2 unspecified atom stereocenters. The number of nitriles is 1. The number of benzene rings is 1. The Hall–Kier alpha value is -1.53. The minimum Gasteiger partial charge on any atom is -0.389 e. The van der Waals surface area contributed by atoms with E-state index in [4.69, 9.17) is 5.26 Å². The van der Waals surface area contributed by atoms with Gasteiger partial charge in [0, 0.05) is 23.8 Å². The van der Waals surface area contributed by atoms with Gasteiger partial charge in [0.05, 0.1) is 17.7 Å². The van der Waals surface area contributed by atoms with Gasteiger partial charge in [-0.25, -0.2) is 0 Å². The Morgan fingerprint density at radius 1 is 1.47 bits per heavy atom. The topological polar surface area (TPSA) is 47.3 Å². The van der Waals surface area contributed by atoms with E-state index in [0.29, 0.717) is 11.6 Å². The third-order valence-corrected chi connectivity index (χ3v) is 4.02. The Kier molecular flexibility index (Phi) is 4.44. The number of nitrogens with zero attached hydrogens (tertiary/aromatic N) is 2. The molecule has 0 spiro atoms. The Morgan fingerprint density at radius 2 is 2.26 bits per heavy atom. The van der Waals surface area contributed by atoms with Crippen LogP contribution in [-0.2, 0) is 0 Å². The zero-order valence-corrected chi connectivity index (χ0v) is 11.8. The molecule has 1 aromatic rings. The third kappa shape index (κ3) is 2.90. The van der Waals surface area contributed by atoms with Crippen LogP contribution in [0.5, 0.6) is 0 Å². The van der Waals surface area contributed by atoms with Gasteiger partial charge in [0.15, 0.2) is 0 Å². The molecule has 1 saturated heterocycles. The minimum atomic E-state index is -0.498. The highest BCUT2D eigenvalue weighted by atomic mass is 16.3. The summed E-state index contributed by atoms with van der Waals surface area (Å²) in [6, 6.07) is 8.33. The van der Waals surface area contributed by atoms with E-state index < -0.39 is 6.10 Å². The molecule has 1 fully saturated rings. The van der Waals surface area contributed by atoms with Crippen molar-refractivity contribution in [1.29, 1.82) is 5.26 Å². The lowest BCUT2D eigenvalue weighted by atomic mass is 9.96. The molecule has 1 aromatic carbocycles. The van der Waals surface area contributed by atoms with E-state index >= 15 is 0 Å². The molecular formula is C16H22N2O. The number of hydrogen-bond donors (Lipinski definition) is 1. The summed E-state index contributed by atoms with van der Waals surface area (Å²) >= 11 is 0. The van der Waals surface area contributed by atoms with Crippen molar-refractivity contribution in [2.45, 2.75) is 51.7 Å². The van der Waals surface area contributed by atoms with Crippen LogP contribution in [0.15, 0.2) is 18.2 Å². The highest BCUT2D eigenvalue weighted by Crippen LogP contribution is 2.33. The molecule has 1 aliphatic rings. The Labute approximate surface area is 115 Å². The molecule has 1 aliphatic heterocycles. The van der Waals surface area contributed by atoms with Crippen LogP contribution in [0, 0.1) is 11.3 Å². The van der Waals surface area contributed by atoms with Gasteiger partial charge < -0.3 is 10.0 Å². The molecule has 3 nitrogen and oxygen atoms in total. The van der Waals surface area contributed by atoms with Gasteiger partial charge in [-0.1, -0.05) is 13.0 Å². The summed E-state index contributed by atoms with van der Waals surface area (Å²) < 4.78 is 0. The van der Waals surface area contributed by atoms with Crippen LogP contribution in [0.4, 0.5) is 5.69 Å². The summed E-state index contributed by atoms with van der Waals surface area (Å²) in [5.74, 6) is 0. The first kappa shape index (κ1) is 13.9. The number of rotatable bonds is 3. The Balaban J connectivity index is 2.43. The van der Waals surface area contributed by atoms with Crippen molar-refractivity contribution in [1.82, 2.24) is 0 Å². The lowest BCUT2D eigenvalue weighted by Crippen LogP contribution is -2.39. The van der Waals surface area contributed by atoms with Crippen molar-refractivity contribution < 1.29 is 5.11 Å². The second-order valence-electron chi connectivity index (χ2n) is 5.31. The zero-order chi connectivity index (χ0) is 13.8. The summed E-state index contributed by atoms with van der Waals surface area (Å²) in [5.41, 5.74) is 2.64. The average molecular weight is 258 g/mol. The maximum absolute atomic E-state index is 9.95. The standard InChI is InChI=1S/C16H22N2O/c1-3-14-6-4-5-9-18(14)16-10-13(11-17)7-8-15(16)12(2)19/h7-8,10,12,14,19H,3-6,9H2,1-2H3. The molecule has 2 atom stereocenters. The van der Waals surface area contributed by atoms with Crippen LogP contribution < -0.4 is 4.90 Å². The predicted molar refractivity (Wildman–Crippen MR) is 77.1 cm³/mol. The molecule has 1 heterocycles. The van der Waals surface area contributed by atoms with Crippen molar-refractivity contribution in [3.63, 3.8) is 0 Å². The molecule has 0 aromatic heterocycles. The maximum Gasteiger partial charge on any atom is 0.0992 e. The number of aliphatic hydroxyl groups is 1. The molecule has 0 aliphatic carbocycles. The van der Waals surface area contributed by atoms with Crippen LogP contribution in [-0.4, -0.2) is 17.7 Å². The SMILES string of the molecule is CCC1CCCCN1c1cc(C#N)ccc1C(C)O. The number of aliphatic hydroxyl groups excluding tert-OH is 1. The predicted octanol–water partition coefficient (Wildman–Crippen LogP) is 3.38. The summed E-state index contributed by atoms with van der Waals surface area (Å²) in [4.78, 5) is 2.38. The van der Waals surface area contributed by atoms with Gasteiger partial charge in [-0.05, 0) is 44.7 Å². The molecule has 2 rings (SSSR count). The molecule has 0 amide bonds. The van der Waals surface area contributed by atoms with Crippen molar-refractivity contribution in [3.8, 4) is 6.07 Å². The molecule has 3 heteroatoms. The fourth-order valence-electron chi connectivity index (χ4n) is 2.96. The third-order valence-electron chi connectivity index (χ3n) is 4.02. The highest BCUT2D eigenvalue weighted by Gasteiger charge is 2.24. The number of piperidine rings is 1. The van der Waals surface area contributed by atoms with Gasteiger partial charge in [0.25, 0.3) is 0 Å². The Morgan fingerprint density at radius 3 is 2.89 bits per heavy atom. The highest BCUT2D eigenvalue weighted by molar-refractivity contribution is 5.59. The van der Waals surface area contributed by atoms with Crippen LogP contribution in [0.3, 0.4) is 0 Å². The number of hydrogen-bond acceptors (Lipinski definition) is 3. The van der Waals surface area contributed by atoms with Gasteiger partial charge in [-0.3, -0.25) is 0 Å². The van der Waals surface area contributed by atoms with Crippen molar-refractivity contribution >= 4 is 5.69 Å². The molecule has 0 radical (unpaired) electrons. The first-order valence-corrected chi connectivity index (χ1v) is 7.16. The second kappa shape index (κ2) is 6.08. The average Bonchev–Trinajstić information content (AvgIpc) is 2.46. The van der Waals surface area contributed by atoms with Crippen molar-refractivity contribution in [3.05, 3.63) is 29.3 Å². The van der Waals surface area contributed by atoms with Gasteiger partial charge in [0.2, 0.25) is 0 Å². The normalized spacial score (nSPS) is 20.9. The van der Waals surface area contributed by atoms with Crippen LogP contribution in [0.2, 0.25) is 0 Å². The van der Waals surface area contributed by atoms with E-state index in [-0.39, 0.29) is 0 Å². The lowest BCUT2D eigenvalue weighted by Gasteiger charge is -2.38. The fraction of sp³-hybridized carbons (Fsp3) is 0.562. The smallest absolute Gasteiger partial charge is 0.0992 e. The summed E-state index contributed by atoms with van der Waals surface area (Å²) in [5, 5.41) is 19.0. The van der Waals surface area contributed by atoms with Crippen LogP contribution >= 0.6 is 0 Å². The van der Waals surface area contributed by atoms with E-state index in [1.807, 2.05) is 12.1 Å². The maximum atomic E-state index is 9.95. The monoisotopic (exact) mass is 258 g/mol. The van der Waals surface area contributed by atoms with E-state index in [1.54, 1.807) is 13.0 Å². The fourth-order valence-corrected chi connectivity index (χ4v) is 2.96. The molecular weight excluding hydrogens is 236 g/mol. The van der Waals surface area contributed by atoms with Gasteiger partial charge in [0.1, 0.15) is 0 Å². The summed E-state index contributed by atoms with van der Waals surface area (Å²) in [7, 11) is 0. The van der Waals surface area contributed by atoms with E-state index in [9.17, 15) is 5.11 Å². The van der Waals surface area contributed by atoms with Crippen LogP contribution in [0.25, 0.3) is 0 Å². The Bertz CT molecular complexity index is 476. The van der Waals surface area contributed by atoms with Gasteiger partial charge >= 0.3 is 0 Å². The molecule has 1 N–H and O–H groups in total. The zero-order valence-electron chi connectivity index (χ0n) is 11.8. The summed E-state index contributed by atoms with van der Waals surface area (Å²) in [6.07, 6.45) is 4.27. The van der Waals surface area contributed by atoms with Crippen molar-refractivity contribution in [2.75, 3.05) is 11.4 Å². The first-order chi connectivity index (χ1) is 9.17. The lowest BCUT2D eigenvalue weighted by molar-refractivity contribution is 0.199. The molecule has 0 bridgehead atoms. The van der Waals surface area contributed by atoms with E-state index in [1.165, 1.54) is 19.3 Å². The number of anilines is 1. The second-order valence-corrected chi connectivity index (χ2v) is 5.31. The largest absolute Gasteiger partial charge is 0.389 e. The summed E-state index contributed by atoms with van der Waals surface area (Å²) in [6.45, 7) is 5.02. The van der Waals surface area contributed by atoms with Crippen LogP contribution in [0.1, 0.15) is 56.8 Å². The molecule has 102 valence electrons. The van der Waals surface area contributed by atoms with Crippen molar-refractivity contribution in [2.24, 2.45) is 0 Å². The molecule has 19 heavy (non-hydrogen) atoms. The van der Waals surface area contributed by atoms with Gasteiger partial charge in [-0.2, -0.15) is 5.26 Å². The minimum absolute atomic E-state index is 0.498. The first-order valence-electron chi connectivity index (χ1n) is 7.16.